The first-order valence-corrected chi connectivity index (χ1v) is 5.71. The first-order chi connectivity index (χ1) is 7.27. The Morgan fingerprint density at radius 2 is 1.80 bits per heavy atom. The number of ether oxygens (including phenoxy) is 1. The molecule has 1 amide bonds. The maximum Gasteiger partial charge on any atom is 0.411 e. The van der Waals surface area contributed by atoms with Crippen molar-refractivity contribution in [3.63, 3.8) is 0 Å². The SMILES string of the molecule is O=C(OCc1ccccc1)N(CS)CS. The number of benzene rings is 1. The number of amides is 1. The summed E-state index contributed by atoms with van der Waals surface area (Å²) >= 11 is 7.98. The van der Waals surface area contributed by atoms with Gasteiger partial charge in [0.05, 0.1) is 11.8 Å². The summed E-state index contributed by atoms with van der Waals surface area (Å²) in [6.45, 7) is 0.276. The molecule has 0 aromatic heterocycles. The third-order valence-electron chi connectivity index (χ3n) is 1.80. The number of hydrogen-bond acceptors (Lipinski definition) is 4. The Bertz CT molecular complexity index is 302. The molecule has 0 aliphatic heterocycles. The van der Waals surface area contributed by atoms with Crippen molar-refractivity contribution < 1.29 is 9.53 Å². The van der Waals surface area contributed by atoms with Crippen LogP contribution in [0.25, 0.3) is 0 Å². The minimum absolute atomic E-state index is 0.276. The molecule has 0 aliphatic rings. The van der Waals surface area contributed by atoms with E-state index in [0.717, 1.165) is 5.56 Å². The van der Waals surface area contributed by atoms with Gasteiger partial charge < -0.3 is 4.74 Å². The van der Waals surface area contributed by atoms with E-state index in [2.05, 4.69) is 25.3 Å². The summed E-state index contributed by atoms with van der Waals surface area (Å²) < 4.78 is 5.06. The minimum atomic E-state index is -0.399. The molecule has 0 N–H and O–H groups in total. The van der Waals surface area contributed by atoms with Crippen LogP contribution in [0.1, 0.15) is 5.56 Å². The number of nitrogens with zero attached hydrogens (tertiary/aromatic N) is 1. The van der Waals surface area contributed by atoms with Gasteiger partial charge in [0.1, 0.15) is 6.61 Å². The Balaban J connectivity index is 2.40. The van der Waals surface area contributed by atoms with Gasteiger partial charge in [0.15, 0.2) is 0 Å². The lowest BCUT2D eigenvalue weighted by Gasteiger charge is -2.16. The van der Waals surface area contributed by atoms with Gasteiger partial charge in [-0.15, -0.1) is 0 Å². The van der Waals surface area contributed by atoms with Crippen LogP contribution in [0.4, 0.5) is 4.79 Å². The molecular weight excluding hydrogens is 230 g/mol. The molecule has 0 heterocycles. The topological polar surface area (TPSA) is 29.5 Å². The van der Waals surface area contributed by atoms with Crippen molar-refractivity contribution in [2.24, 2.45) is 0 Å². The average Bonchev–Trinajstić information content (AvgIpc) is 2.29. The van der Waals surface area contributed by atoms with Crippen molar-refractivity contribution in [1.82, 2.24) is 4.90 Å². The number of carbonyl (C=O) groups excluding carboxylic acids is 1. The molecule has 0 fully saturated rings. The number of hydrogen-bond donors (Lipinski definition) is 2. The van der Waals surface area contributed by atoms with Crippen LogP contribution in [-0.2, 0) is 11.3 Å². The van der Waals surface area contributed by atoms with E-state index < -0.39 is 6.09 Å². The second-order valence-corrected chi connectivity index (χ2v) is 3.43. The lowest BCUT2D eigenvalue weighted by Crippen LogP contribution is -2.29. The molecule has 1 rings (SSSR count). The van der Waals surface area contributed by atoms with Gasteiger partial charge in [0.2, 0.25) is 0 Å². The number of carbonyl (C=O) groups is 1. The van der Waals surface area contributed by atoms with Crippen molar-refractivity contribution in [3.8, 4) is 0 Å². The molecule has 0 unspecified atom stereocenters. The summed E-state index contributed by atoms with van der Waals surface area (Å²) in [6, 6.07) is 9.52. The van der Waals surface area contributed by atoms with Gasteiger partial charge >= 0.3 is 6.09 Å². The van der Waals surface area contributed by atoms with E-state index in [1.54, 1.807) is 0 Å². The lowest BCUT2D eigenvalue weighted by atomic mass is 10.2. The Labute approximate surface area is 100 Å². The molecule has 0 saturated heterocycles. The average molecular weight is 243 g/mol. The van der Waals surface area contributed by atoms with E-state index in [-0.39, 0.29) is 6.61 Å². The molecule has 1 aromatic carbocycles. The Hall–Kier alpha value is -0.810. The van der Waals surface area contributed by atoms with Crippen LogP contribution >= 0.6 is 25.3 Å². The largest absolute Gasteiger partial charge is 0.445 e. The van der Waals surface area contributed by atoms with Gasteiger partial charge in [0.25, 0.3) is 0 Å². The standard InChI is InChI=1S/C10H13NO2S2/c12-10(11(7-14)8-15)13-6-9-4-2-1-3-5-9/h1-5,14-15H,6-8H2. The van der Waals surface area contributed by atoms with Crippen LogP contribution in [0.3, 0.4) is 0 Å². The summed E-state index contributed by atoms with van der Waals surface area (Å²) in [5.41, 5.74) is 0.962. The molecule has 0 radical (unpaired) electrons. The highest BCUT2D eigenvalue weighted by atomic mass is 32.1. The molecule has 0 saturated carbocycles. The van der Waals surface area contributed by atoms with Crippen LogP contribution in [0.5, 0.6) is 0 Å². The van der Waals surface area contributed by atoms with Gasteiger partial charge in [-0.1, -0.05) is 30.3 Å². The van der Waals surface area contributed by atoms with Crippen molar-refractivity contribution in [1.29, 1.82) is 0 Å². The highest BCUT2D eigenvalue weighted by Gasteiger charge is 2.10. The van der Waals surface area contributed by atoms with Crippen molar-refractivity contribution in [2.75, 3.05) is 11.8 Å². The van der Waals surface area contributed by atoms with Crippen LogP contribution in [-0.4, -0.2) is 22.7 Å². The first kappa shape index (κ1) is 12.3. The molecule has 0 atom stereocenters. The van der Waals surface area contributed by atoms with E-state index in [9.17, 15) is 4.79 Å². The molecule has 15 heavy (non-hydrogen) atoms. The summed E-state index contributed by atoms with van der Waals surface area (Å²) in [7, 11) is 0. The van der Waals surface area contributed by atoms with Gasteiger partial charge in [-0.25, -0.2) is 4.79 Å². The third-order valence-corrected chi connectivity index (χ3v) is 2.49. The zero-order valence-electron chi connectivity index (χ0n) is 8.17. The van der Waals surface area contributed by atoms with Gasteiger partial charge in [-0.05, 0) is 5.56 Å². The Morgan fingerprint density at radius 1 is 1.20 bits per heavy atom. The van der Waals surface area contributed by atoms with E-state index in [1.165, 1.54) is 4.90 Å². The molecule has 0 bridgehead atoms. The Kier molecular flexibility index (Phi) is 5.42. The zero-order valence-corrected chi connectivity index (χ0v) is 9.96. The summed E-state index contributed by atoms with van der Waals surface area (Å²) in [5, 5.41) is 0. The first-order valence-electron chi connectivity index (χ1n) is 4.45. The highest BCUT2D eigenvalue weighted by Crippen LogP contribution is 2.04. The van der Waals surface area contributed by atoms with E-state index in [1.807, 2.05) is 30.3 Å². The molecule has 1 aromatic rings. The van der Waals surface area contributed by atoms with Crippen molar-refractivity contribution >= 4 is 31.4 Å². The highest BCUT2D eigenvalue weighted by molar-refractivity contribution is 7.81. The van der Waals surface area contributed by atoms with Gasteiger partial charge in [0, 0.05) is 0 Å². The van der Waals surface area contributed by atoms with Crippen LogP contribution < -0.4 is 0 Å². The van der Waals surface area contributed by atoms with Crippen molar-refractivity contribution in [3.05, 3.63) is 35.9 Å². The predicted octanol–water partition coefficient (Wildman–Crippen LogP) is 2.40. The monoisotopic (exact) mass is 243 g/mol. The van der Waals surface area contributed by atoms with E-state index >= 15 is 0 Å². The molecule has 3 nitrogen and oxygen atoms in total. The van der Waals surface area contributed by atoms with Crippen LogP contribution in [0.2, 0.25) is 0 Å². The zero-order chi connectivity index (χ0) is 11.1. The molecule has 82 valence electrons. The summed E-state index contributed by atoms with van der Waals surface area (Å²) in [5.74, 6) is 0.605. The second-order valence-electron chi connectivity index (χ2n) is 2.86. The molecule has 0 spiro atoms. The summed E-state index contributed by atoms with van der Waals surface area (Å²) in [6.07, 6.45) is -0.399. The molecular formula is C10H13NO2S2. The summed E-state index contributed by atoms with van der Waals surface area (Å²) in [4.78, 5) is 12.8. The third kappa shape index (κ3) is 4.05. The minimum Gasteiger partial charge on any atom is -0.445 e. The predicted molar refractivity (Wildman–Crippen MR) is 66.2 cm³/mol. The fourth-order valence-corrected chi connectivity index (χ4v) is 1.56. The Morgan fingerprint density at radius 3 is 2.33 bits per heavy atom. The lowest BCUT2D eigenvalue weighted by molar-refractivity contribution is 0.109. The van der Waals surface area contributed by atoms with Crippen molar-refractivity contribution in [2.45, 2.75) is 6.61 Å². The normalized spacial score (nSPS) is 9.73. The quantitative estimate of drug-likeness (QED) is 0.628. The maximum atomic E-state index is 11.4. The van der Waals surface area contributed by atoms with Crippen LogP contribution in [0.15, 0.2) is 30.3 Å². The fourth-order valence-electron chi connectivity index (χ4n) is 0.971. The smallest absolute Gasteiger partial charge is 0.411 e. The maximum absolute atomic E-state index is 11.4. The number of thiol groups is 2. The second kappa shape index (κ2) is 6.63. The number of rotatable bonds is 4. The van der Waals surface area contributed by atoms with Crippen LogP contribution in [0, 0.1) is 0 Å². The fraction of sp³-hybridized carbons (Fsp3) is 0.300. The van der Waals surface area contributed by atoms with E-state index in [4.69, 9.17) is 4.74 Å². The van der Waals surface area contributed by atoms with Gasteiger partial charge in [-0.2, -0.15) is 25.3 Å². The molecule has 5 heteroatoms. The van der Waals surface area contributed by atoms with Gasteiger partial charge in [-0.3, -0.25) is 4.90 Å². The van der Waals surface area contributed by atoms with E-state index in [0.29, 0.717) is 11.8 Å². The molecule has 0 aliphatic carbocycles.